The topological polar surface area (TPSA) is 47.4 Å². The van der Waals surface area contributed by atoms with E-state index in [9.17, 15) is 4.79 Å². The third kappa shape index (κ3) is 4.75. The summed E-state index contributed by atoms with van der Waals surface area (Å²) in [7, 11) is 0. The van der Waals surface area contributed by atoms with Crippen LogP contribution in [0, 0.1) is 5.92 Å². The molecule has 25 heavy (non-hydrogen) atoms. The minimum atomic E-state index is 0.0466. The van der Waals surface area contributed by atoms with E-state index in [0.29, 0.717) is 16.7 Å². The highest BCUT2D eigenvalue weighted by atomic mass is 35.5. The van der Waals surface area contributed by atoms with Crippen LogP contribution in [0.1, 0.15) is 25.6 Å². The average molecular weight is 362 g/mol. The van der Waals surface area contributed by atoms with E-state index >= 15 is 0 Å². The Bertz CT molecular complexity index is 691. The first-order chi connectivity index (χ1) is 12.2. The molecule has 0 unspecified atom stereocenters. The second kappa shape index (κ2) is 8.39. The molecule has 1 aliphatic rings. The van der Waals surface area contributed by atoms with Crippen molar-refractivity contribution in [3.63, 3.8) is 0 Å². The summed E-state index contributed by atoms with van der Waals surface area (Å²) in [5.41, 5.74) is 0. The van der Waals surface area contributed by atoms with Gasteiger partial charge in [0.2, 0.25) is 0 Å². The Labute approximate surface area is 153 Å². The Morgan fingerprint density at radius 2 is 2.00 bits per heavy atom. The quantitative estimate of drug-likeness (QED) is 0.792. The molecule has 1 aromatic carbocycles. The van der Waals surface area contributed by atoms with Gasteiger partial charge >= 0.3 is 0 Å². The molecular formula is C19H24ClN3O2. The maximum atomic E-state index is 12.3. The molecule has 0 N–H and O–H groups in total. The fourth-order valence-electron chi connectivity index (χ4n) is 3.23. The molecule has 1 saturated heterocycles. The SMILES string of the molecule is CCc1nccn1CC1CCN(C(=O)COc2ccc(Cl)cc2)CC1. The first-order valence-corrected chi connectivity index (χ1v) is 9.19. The summed E-state index contributed by atoms with van der Waals surface area (Å²) in [6.07, 6.45) is 6.91. The largest absolute Gasteiger partial charge is 0.484 e. The van der Waals surface area contributed by atoms with E-state index in [1.807, 2.05) is 11.1 Å². The van der Waals surface area contributed by atoms with Crippen molar-refractivity contribution in [2.24, 2.45) is 5.92 Å². The van der Waals surface area contributed by atoms with Crippen molar-refractivity contribution in [2.45, 2.75) is 32.7 Å². The van der Waals surface area contributed by atoms with E-state index in [0.717, 1.165) is 44.7 Å². The smallest absolute Gasteiger partial charge is 0.260 e. The van der Waals surface area contributed by atoms with Gasteiger partial charge in [-0.05, 0) is 43.0 Å². The highest BCUT2D eigenvalue weighted by Crippen LogP contribution is 2.21. The van der Waals surface area contributed by atoms with Crippen LogP contribution < -0.4 is 4.74 Å². The number of piperidine rings is 1. The Kier molecular flexibility index (Phi) is 5.97. The standard InChI is InChI=1S/C19H24ClN3O2/c1-2-18-21-9-12-23(18)13-15-7-10-22(11-8-15)19(24)14-25-17-5-3-16(20)4-6-17/h3-6,9,12,15H,2,7-8,10-11,13-14H2,1H3. The first kappa shape index (κ1) is 17.8. The van der Waals surface area contributed by atoms with Crippen molar-refractivity contribution in [1.82, 2.24) is 14.5 Å². The molecule has 5 nitrogen and oxygen atoms in total. The van der Waals surface area contributed by atoms with Gasteiger partial charge in [0, 0.05) is 43.5 Å². The number of amides is 1. The Balaban J connectivity index is 1.43. The van der Waals surface area contributed by atoms with Gasteiger partial charge in [-0.1, -0.05) is 18.5 Å². The minimum Gasteiger partial charge on any atom is -0.484 e. The average Bonchev–Trinajstić information content (AvgIpc) is 3.09. The summed E-state index contributed by atoms with van der Waals surface area (Å²) in [5.74, 6) is 2.45. The van der Waals surface area contributed by atoms with Gasteiger partial charge in [-0.15, -0.1) is 0 Å². The van der Waals surface area contributed by atoms with Crippen LogP contribution in [0.3, 0.4) is 0 Å². The summed E-state index contributed by atoms with van der Waals surface area (Å²) in [6, 6.07) is 7.07. The van der Waals surface area contributed by atoms with E-state index in [1.54, 1.807) is 24.3 Å². The number of imidazole rings is 1. The fraction of sp³-hybridized carbons (Fsp3) is 0.474. The van der Waals surface area contributed by atoms with Crippen LogP contribution in [0.5, 0.6) is 5.75 Å². The van der Waals surface area contributed by atoms with Gasteiger partial charge in [-0.25, -0.2) is 4.98 Å². The lowest BCUT2D eigenvalue weighted by atomic mass is 9.96. The molecule has 2 heterocycles. The number of carbonyl (C=O) groups is 1. The Morgan fingerprint density at radius 3 is 2.68 bits per heavy atom. The molecular weight excluding hydrogens is 338 g/mol. The van der Waals surface area contributed by atoms with Crippen LogP contribution in [0.4, 0.5) is 0 Å². The number of likely N-dealkylation sites (tertiary alicyclic amines) is 1. The molecule has 1 fully saturated rings. The number of ether oxygens (including phenoxy) is 1. The number of nitrogens with zero attached hydrogens (tertiary/aromatic N) is 3. The molecule has 0 bridgehead atoms. The molecule has 1 amide bonds. The lowest BCUT2D eigenvalue weighted by Crippen LogP contribution is -2.41. The normalized spacial score (nSPS) is 15.4. The molecule has 0 saturated carbocycles. The molecule has 0 radical (unpaired) electrons. The van der Waals surface area contributed by atoms with E-state index in [2.05, 4.69) is 22.7 Å². The maximum Gasteiger partial charge on any atom is 0.260 e. The monoisotopic (exact) mass is 361 g/mol. The summed E-state index contributed by atoms with van der Waals surface area (Å²) in [5, 5.41) is 0.657. The minimum absolute atomic E-state index is 0.0466. The van der Waals surface area contributed by atoms with Crippen LogP contribution in [0.2, 0.25) is 5.02 Å². The maximum absolute atomic E-state index is 12.3. The lowest BCUT2D eigenvalue weighted by molar-refractivity contribution is -0.134. The van der Waals surface area contributed by atoms with E-state index in [1.165, 1.54) is 0 Å². The van der Waals surface area contributed by atoms with E-state index < -0.39 is 0 Å². The predicted molar refractivity (Wildman–Crippen MR) is 97.9 cm³/mol. The number of hydrogen-bond donors (Lipinski definition) is 0. The number of carbonyl (C=O) groups excluding carboxylic acids is 1. The predicted octanol–water partition coefficient (Wildman–Crippen LogP) is 3.42. The molecule has 1 aromatic heterocycles. The van der Waals surface area contributed by atoms with Crippen LogP contribution in [0.15, 0.2) is 36.7 Å². The van der Waals surface area contributed by atoms with Gasteiger partial charge in [-0.3, -0.25) is 4.79 Å². The van der Waals surface area contributed by atoms with Crippen molar-refractivity contribution >= 4 is 17.5 Å². The molecule has 3 rings (SSSR count). The van der Waals surface area contributed by atoms with Gasteiger partial charge in [-0.2, -0.15) is 0 Å². The number of rotatable bonds is 6. The van der Waals surface area contributed by atoms with Crippen LogP contribution in [-0.2, 0) is 17.8 Å². The van der Waals surface area contributed by atoms with Crippen LogP contribution in [0.25, 0.3) is 0 Å². The number of aryl methyl sites for hydroxylation is 1. The third-order valence-electron chi connectivity index (χ3n) is 4.72. The number of benzene rings is 1. The van der Waals surface area contributed by atoms with Crippen molar-refractivity contribution in [2.75, 3.05) is 19.7 Å². The molecule has 1 aliphatic heterocycles. The molecule has 6 heteroatoms. The summed E-state index contributed by atoms with van der Waals surface area (Å²) < 4.78 is 7.80. The summed E-state index contributed by atoms with van der Waals surface area (Å²) >= 11 is 5.84. The van der Waals surface area contributed by atoms with E-state index in [-0.39, 0.29) is 12.5 Å². The summed E-state index contributed by atoms with van der Waals surface area (Å²) in [4.78, 5) is 18.6. The molecule has 0 aliphatic carbocycles. The molecule has 0 atom stereocenters. The van der Waals surface area contributed by atoms with Gasteiger partial charge in [0.15, 0.2) is 6.61 Å². The van der Waals surface area contributed by atoms with Crippen molar-refractivity contribution in [1.29, 1.82) is 0 Å². The summed E-state index contributed by atoms with van der Waals surface area (Å²) in [6.45, 7) is 4.79. The van der Waals surface area contributed by atoms with Gasteiger partial charge in [0.1, 0.15) is 11.6 Å². The fourth-order valence-corrected chi connectivity index (χ4v) is 3.36. The Hall–Kier alpha value is -2.01. The van der Waals surface area contributed by atoms with Crippen molar-refractivity contribution in [3.05, 3.63) is 47.5 Å². The van der Waals surface area contributed by atoms with Crippen molar-refractivity contribution in [3.8, 4) is 5.75 Å². The van der Waals surface area contributed by atoms with Gasteiger partial charge in [0.05, 0.1) is 0 Å². The number of halogens is 1. The second-order valence-electron chi connectivity index (χ2n) is 6.42. The number of aromatic nitrogens is 2. The zero-order valence-corrected chi connectivity index (χ0v) is 15.3. The van der Waals surface area contributed by atoms with Crippen LogP contribution in [-0.4, -0.2) is 40.1 Å². The van der Waals surface area contributed by atoms with Crippen molar-refractivity contribution < 1.29 is 9.53 Å². The first-order valence-electron chi connectivity index (χ1n) is 8.82. The van der Waals surface area contributed by atoms with Gasteiger partial charge < -0.3 is 14.2 Å². The van der Waals surface area contributed by atoms with Crippen LogP contribution >= 0.6 is 11.6 Å². The molecule has 0 spiro atoms. The molecule has 134 valence electrons. The highest BCUT2D eigenvalue weighted by Gasteiger charge is 2.23. The lowest BCUT2D eigenvalue weighted by Gasteiger charge is -2.32. The number of hydrogen-bond acceptors (Lipinski definition) is 3. The molecule has 2 aromatic rings. The zero-order valence-electron chi connectivity index (χ0n) is 14.5. The highest BCUT2D eigenvalue weighted by molar-refractivity contribution is 6.30. The van der Waals surface area contributed by atoms with Gasteiger partial charge in [0.25, 0.3) is 5.91 Å². The third-order valence-corrected chi connectivity index (χ3v) is 4.97. The zero-order chi connectivity index (χ0) is 17.6. The van der Waals surface area contributed by atoms with E-state index in [4.69, 9.17) is 16.3 Å². The second-order valence-corrected chi connectivity index (χ2v) is 6.85. The Morgan fingerprint density at radius 1 is 1.28 bits per heavy atom.